The van der Waals surface area contributed by atoms with Crippen LogP contribution in [0, 0.1) is 35.5 Å². The van der Waals surface area contributed by atoms with Gasteiger partial charge in [-0.25, -0.2) is 0 Å². The Labute approximate surface area is 164 Å². The molecule has 0 aromatic heterocycles. The third-order valence-corrected chi connectivity index (χ3v) is 6.91. The Balaban J connectivity index is 1.57. The van der Waals surface area contributed by atoms with Crippen molar-refractivity contribution >= 4 is 0 Å². The summed E-state index contributed by atoms with van der Waals surface area (Å²) in [7, 11) is 0. The fourth-order valence-corrected chi connectivity index (χ4v) is 4.98. The van der Waals surface area contributed by atoms with Crippen LogP contribution in [0.3, 0.4) is 0 Å². The fraction of sp³-hybridized carbons (Fsp3) is 0.846. The smallest absolute Gasteiger partial charge is 0.0206 e. The number of hydrogen-bond acceptors (Lipinski definition) is 0. The standard InChI is InChI=1S/C26H44/c1-3-5-7-11-23-15-19-25(20-16-23)13-9-10-14-26-21-17-24(18-22-26)12-8-6-4-2/h9,13,23-26H,3-8,11-12,15-22H2,1-2H3/t23-,24-,25-,26-. The van der Waals surface area contributed by atoms with Gasteiger partial charge in [0.25, 0.3) is 0 Å². The molecule has 0 saturated heterocycles. The van der Waals surface area contributed by atoms with Crippen LogP contribution in [0.4, 0.5) is 0 Å². The van der Waals surface area contributed by atoms with Crippen molar-refractivity contribution in [2.24, 2.45) is 23.7 Å². The van der Waals surface area contributed by atoms with E-state index in [1.807, 2.05) is 0 Å². The second-order valence-electron chi connectivity index (χ2n) is 9.14. The Kier molecular flexibility index (Phi) is 11.2. The van der Waals surface area contributed by atoms with E-state index in [0.29, 0.717) is 5.92 Å². The van der Waals surface area contributed by atoms with Crippen molar-refractivity contribution in [3.63, 3.8) is 0 Å². The first-order valence-electron chi connectivity index (χ1n) is 12.0. The summed E-state index contributed by atoms with van der Waals surface area (Å²) in [4.78, 5) is 0. The molecule has 0 atom stereocenters. The van der Waals surface area contributed by atoms with Gasteiger partial charge in [0.15, 0.2) is 0 Å². The molecule has 0 bridgehead atoms. The highest BCUT2D eigenvalue weighted by Gasteiger charge is 2.20. The molecule has 2 saturated carbocycles. The van der Waals surface area contributed by atoms with Crippen LogP contribution in [0.15, 0.2) is 12.2 Å². The molecule has 2 rings (SSSR count). The predicted octanol–water partition coefficient (Wildman–Crippen LogP) is 8.32. The zero-order valence-electron chi connectivity index (χ0n) is 17.8. The summed E-state index contributed by atoms with van der Waals surface area (Å²) >= 11 is 0. The molecule has 26 heavy (non-hydrogen) atoms. The normalized spacial score (nSPS) is 29.5. The first-order chi connectivity index (χ1) is 12.8. The molecule has 148 valence electrons. The fourth-order valence-electron chi connectivity index (χ4n) is 4.98. The summed E-state index contributed by atoms with van der Waals surface area (Å²) in [6.07, 6.45) is 27.3. The summed E-state index contributed by atoms with van der Waals surface area (Å²) in [5.41, 5.74) is 0. The van der Waals surface area contributed by atoms with Gasteiger partial charge in [-0.3, -0.25) is 0 Å². The predicted molar refractivity (Wildman–Crippen MR) is 116 cm³/mol. The molecule has 2 aliphatic carbocycles. The van der Waals surface area contributed by atoms with Crippen molar-refractivity contribution in [1.29, 1.82) is 0 Å². The van der Waals surface area contributed by atoms with Crippen LogP contribution in [-0.4, -0.2) is 0 Å². The van der Waals surface area contributed by atoms with E-state index in [-0.39, 0.29) is 0 Å². The number of hydrogen-bond donors (Lipinski definition) is 0. The Morgan fingerprint density at radius 1 is 0.692 bits per heavy atom. The van der Waals surface area contributed by atoms with E-state index in [0.717, 1.165) is 17.8 Å². The van der Waals surface area contributed by atoms with E-state index in [1.165, 1.54) is 103 Å². The van der Waals surface area contributed by atoms with Gasteiger partial charge in [0.2, 0.25) is 0 Å². The first-order valence-corrected chi connectivity index (χ1v) is 12.0. The van der Waals surface area contributed by atoms with Gasteiger partial charge in [-0.05, 0) is 75.2 Å². The van der Waals surface area contributed by atoms with E-state index in [1.54, 1.807) is 0 Å². The molecule has 2 aliphatic rings. The molecule has 0 N–H and O–H groups in total. The van der Waals surface area contributed by atoms with Crippen LogP contribution in [-0.2, 0) is 0 Å². The van der Waals surface area contributed by atoms with Crippen LogP contribution in [0.5, 0.6) is 0 Å². The van der Waals surface area contributed by atoms with Crippen molar-refractivity contribution in [1.82, 2.24) is 0 Å². The maximum atomic E-state index is 3.56. The van der Waals surface area contributed by atoms with Gasteiger partial charge in [-0.2, -0.15) is 0 Å². The van der Waals surface area contributed by atoms with Gasteiger partial charge in [0.1, 0.15) is 0 Å². The maximum Gasteiger partial charge on any atom is 0.0206 e. The molecule has 0 unspecified atom stereocenters. The molecular formula is C26H44. The quantitative estimate of drug-likeness (QED) is 0.288. The monoisotopic (exact) mass is 356 g/mol. The second kappa shape index (κ2) is 13.5. The van der Waals surface area contributed by atoms with Crippen LogP contribution in [0.25, 0.3) is 0 Å². The number of allylic oxidation sites excluding steroid dienone is 2. The molecule has 0 aromatic rings. The average molecular weight is 357 g/mol. The molecule has 0 aliphatic heterocycles. The number of rotatable bonds is 9. The summed E-state index contributed by atoms with van der Waals surface area (Å²) in [6, 6.07) is 0. The summed E-state index contributed by atoms with van der Waals surface area (Å²) < 4.78 is 0. The molecule has 0 heterocycles. The number of unbranched alkanes of at least 4 members (excludes halogenated alkanes) is 4. The van der Waals surface area contributed by atoms with Crippen molar-refractivity contribution in [3.8, 4) is 11.8 Å². The molecule has 0 aromatic carbocycles. The Morgan fingerprint density at radius 3 is 1.77 bits per heavy atom. The van der Waals surface area contributed by atoms with Gasteiger partial charge in [-0.15, -0.1) is 0 Å². The Morgan fingerprint density at radius 2 is 1.23 bits per heavy atom. The van der Waals surface area contributed by atoms with Crippen molar-refractivity contribution in [2.75, 3.05) is 0 Å². The van der Waals surface area contributed by atoms with Gasteiger partial charge in [-0.1, -0.05) is 83.1 Å². The second-order valence-corrected chi connectivity index (χ2v) is 9.14. The minimum atomic E-state index is 0.677. The summed E-state index contributed by atoms with van der Waals surface area (Å²) in [6.45, 7) is 4.61. The van der Waals surface area contributed by atoms with E-state index < -0.39 is 0 Å². The van der Waals surface area contributed by atoms with Gasteiger partial charge >= 0.3 is 0 Å². The molecule has 2 fully saturated rings. The largest absolute Gasteiger partial charge is 0.0951 e. The molecular weight excluding hydrogens is 312 g/mol. The average Bonchev–Trinajstić information content (AvgIpc) is 2.68. The first kappa shape index (κ1) is 21.6. The summed E-state index contributed by atoms with van der Waals surface area (Å²) in [5, 5.41) is 0. The van der Waals surface area contributed by atoms with Gasteiger partial charge < -0.3 is 0 Å². The molecule has 0 amide bonds. The highest BCUT2D eigenvalue weighted by Crippen LogP contribution is 2.33. The SMILES string of the molecule is CCCCC[C@H]1CC[C@H](C#CC=C[C@H]2CC[C@H](CCCCC)CC2)CC1. The topological polar surface area (TPSA) is 0 Å². The highest BCUT2D eigenvalue weighted by molar-refractivity contribution is 5.18. The van der Waals surface area contributed by atoms with Gasteiger partial charge in [0, 0.05) is 5.92 Å². The van der Waals surface area contributed by atoms with Gasteiger partial charge in [0.05, 0.1) is 0 Å². The Bertz CT molecular complexity index is 419. The van der Waals surface area contributed by atoms with E-state index >= 15 is 0 Å². The molecule has 0 radical (unpaired) electrons. The van der Waals surface area contributed by atoms with E-state index in [9.17, 15) is 0 Å². The minimum Gasteiger partial charge on any atom is -0.0951 e. The van der Waals surface area contributed by atoms with Crippen molar-refractivity contribution in [2.45, 2.75) is 117 Å². The third-order valence-electron chi connectivity index (χ3n) is 6.91. The Hall–Kier alpha value is -0.700. The van der Waals surface area contributed by atoms with Crippen LogP contribution in [0.1, 0.15) is 117 Å². The summed E-state index contributed by atoms with van der Waals surface area (Å²) in [5.74, 6) is 10.5. The van der Waals surface area contributed by atoms with E-state index in [4.69, 9.17) is 0 Å². The van der Waals surface area contributed by atoms with Crippen molar-refractivity contribution < 1.29 is 0 Å². The highest BCUT2D eigenvalue weighted by atomic mass is 14.2. The molecule has 0 spiro atoms. The van der Waals surface area contributed by atoms with Crippen molar-refractivity contribution in [3.05, 3.63) is 12.2 Å². The maximum absolute atomic E-state index is 3.56. The lowest BCUT2D eigenvalue weighted by molar-refractivity contribution is 0.289. The lowest BCUT2D eigenvalue weighted by atomic mass is 9.79. The van der Waals surface area contributed by atoms with E-state index in [2.05, 4.69) is 37.8 Å². The zero-order chi connectivity index (χ0) is 18.5. The lowest BCUT2D eigenvalue weighted by Crippen LogP contribution is -2.13. The minimum absolute atomic E-state index is 0.677. The van der Waals surface area contributed by atoms with Crippen LogP contribution < -0.4 is 0 Å². The van der Waals surface area contributed by atoms with Crippen LogP contribution in [0.2, 0.25) is 0 Å². The zero-order valence-corrected chi connectivity index (χ0v) is 17.8. The molecule has 0 nitrogen and oxygen atoms in total. The van der Waals surface area contributed by atoms with Crippen LogP contribution >= 0.6 is 0 Å². The lowest BCUT2D eigenvalue weighted by Gasteiger charge is -2.26. The molecule has 0 heteroatoms. The third kappa shape index (κ3) is 8.79.